The minimum absolute atomic E-state index is 0.0369. The Morgan fingerprint density at radius 1 is 1.50 bits per heavy atom. The Kier molecular flexibility index (Phi) is 3.93. The summed E-state index contributed by atoms with van der Waals surface area (Å²) in [5.41, 5.74) is 9.40. The summed E-state index contributed by atoms with van der Waals surface area (Å²) in [6, 6.07) is 2.69. The molecule has 84 valence electrons. The zero-order chi connectivity index (χ0) is 12.3. The second-order valence-corrected chi connectivity index (χ2v) is 6.58. The molecular weight excluding hydrogens is 244 g/mol. The van der Waals surface area contributed by atoms with Gasteiger partial charge in [-0.3, -0.25) is 10.1 Å². The maximum Gasteiger partial charge on any atom is 0.289 e. The molecule has 0 heterocycles. The molecule has 0 spiro atoms. The average Bonchev–Trinajstić information content (AvgIpc) is 2.15. The van der Waals surface area contributed by atoms with Gasteiger partial charge in [-0.25, -0.2) is 0 Å². The van der Waals surface area contributed by atoms with Crippen LogP contribution in [0.15, 0.2) is 12.1 Å². The Bertz CT molecular complexity index is 492. The van der Waals surface area contributed by atoms with Crippen molar-refractivity contribution < 1.29 is 4.92 Å². The van der Waals surface area contributed by atoms with Crippen molar-refractivity contribution >= 4 is 31.8 Å². The van der Waals surface area contributed by atoms with Crippen molar-refractivity contribution in [3.63, 3.8) is 0 Å². The van der Waals surface area contributed by atoms with E-state index >= 15 is 0 Å². The summed E-state index contributed by atoms with van der Waals surface area (Å²) in [5.74, 6) is 2.86. The van der Waals surface area contributed by atoms with E-state index in [2.05, 4.69) is 24.6 Å². The zero-order valence-electron chi connectivity index (χ0n) is 8.95. The van der Waals surface area contributed by atoms with Crippen molar-refractivity contribution in [1.29, 1.82) is 0 Å². The molecule has 0 saturated carbocycles. The number of nitro benzene ring substituents is 1. The van der Waals surface area contributed by atoms with Crippen LogP contribution in [0.3, 0.4) is 0 Å². The summed E-state index contributed by atoms with van der Waals surface area (Å²) in [5, 5.41) is 10.7. The molecule has 16 heavy (non-hydrogen) atoms. The number of benzene rings is 1. The smallest absolute Gasteiger partial charge is 0.289 e. The van der Waals surface area contributed by atoms with E-state index in [1.54, 1.807) is 0 Å². The Balaban J connectivity index is 3.27. The lowest BCUT2D eigenvalue weighted by Gasteiger charge is -2.00. The third kappa shape index (κ3) is 2.99. The number of nitrogens with zero attached hydrogens (tertiary/aromatic N) is 1. The number of hydrogen-bond acceptors (Lipinski definition) is 3. The second-order valence-electron chi connectivity index (χ2n) is 3.57. The molecule has 0 aliphatic rings. The van der Waals surface area contributed by atoms with E-state index in [1.807, 2.05) is 0 Å². The number of halogens is 1. The average molecular weight is 255 g/mol. The van der Waals surface area contributed by atoms with E-state index < -0.39 is 13.7 Å². The van der Waals surface area contributed by atoms with E-state index in [9.17, 15) is 10.1 Å². The van der Waals surface area contributed by atoms with E-state index in [1.165, 1.54) is 12.1 Å². The molecule has 0 aliphatic heterocycles. The molecule has 1 rings (SSSR count). The van der Waals surface area contributed by atoms with E-state index in [0.717, 1.165) is 0 Å². The number of hydrogen-bond donors (Lipinski definition) is 1. The molecule has 6 heteroatoms. The normalized spacial score (nSPS) is 9.75. The topological polar surface area (TPSA) is 69.2 Å². The van der Waals surface area contributed by atoms with Crippen molar-refractivity contribution in [3.05, 3.63) is 32.8 Å². The van der Waals surface area contributed by atoms with Crippen molar-refractivity contribution in [2.75, 3.05) is 5.73 Å². The summed E-state index contributed by atoms with van der Waals surface area (Å²) in [6.07, 6.45) is 0. The van der Waals surface area contributed by atoms with Gasteiger partial charge < -0.3 is 5.73 Å². The fraction of sp³-hybridized carbons (Fsp3) is 0.200. The fourth-order valence-corrected chi connectivity index (χ4v) is 1.73. The first kappa shape index (κ1) is 12.6. The van der Waals surface area contributed by atoms with Crippen LogP contribution in [-0.2, 0) is 0 Å². The first-order chi connectivity index (χ1) is 7.41. The number of rotatable bonds is 1. The lowest BCUT2D eigenvalue weighted by Crippen LogP contribution is -1.97. The monoisotopic (exact) mass is 254 g/mol. The van der Waals surface area contributed by atoms with Crippen LogP contribution in [0.4, 0.5) is 11.4 Å². The van der Waals surface area contributed by atoms with Crippen molar-refractivity contribution in [2.24, 2.45) is 0 Å². The van der Waals surface area contributed by atoms with Gasteiger partial charge in [0.05, 0.1) is 10.5 Å². The molecule has 0 saturated heterocycles. The number of nitrogen functional groups attached to an aromatic ring is 1. The third-order valence-corrected chi connectivity index (χ3v) is 2.84. The Morgan fingerprint density at radius 2 is 2.12 bits per heavy atom. The molecule has 0 amide bonds. The van der Waals surface area contributed by atoms with Gasteiger partial charge in [-0.2, -0.15) is 0 Å². The number of nitrogens with two attached hydrogens (primary N) is 1. The minimum Gasteiger partial charge on any atom is -0.398 e. The van der Waals surface area contributed by atoms with Crippen LogP contribution in [-0.4, -0.2) is 13.7 Å². The quantitative estimate of drug-likeness (QED) is 0.275. The predicted octanol–water partition coefficient (Wildman–Crippen LogP) is 2.21. The van der Waals surface area contributed by atoms with Crippen LogP contribution < -0.4 is 5.73 Å². The standard InChI is InChI=1S/C10H11ClN2O2Si/c1-16(2)4-3-7-5-10(13(14)15)8(11)6-9(7)12/h5-6,16H,12H2,1-2H3. The first-order valence-corrected chi connectivity index (χ1v) is 7.93. The highest BCUT2D eigenvalue weighted by Crippen LogP contribution is 2.28. The molecule has 0 aliphatic carbocycles. The molecule has 1 aromatic carbocycles. The molecule has 0 aromatic heterocycles. The van der Waals surface area contributed by atoms with Gasteiger partial charge in [0.2, 0.25) is 0 Å². The van der Waals surface area contributed by atoms with E-state index in [0.29, 0.717) is 11.3 Å². The van der Waals surface area contributed by atoms with Crippen molar-refractivity contribution in [2.45, 2.75) is 13.1 Å². The summed E-state index contributed by atoms with van der Waals surface area (Å²) in [6.45, 7) is 4.13. The molecule has 4 nitrogen and oxygen atoms in total. The summed E-state index contributed by atoms with van der Waals surface area (Å²) < 4.78 is 0. The van der Waals surface area contributed by atoms with Gasteiger partial charge >= 0.3 is 0 Å². The minimum atomic E-state index is -1.03. The van der Waals surface area contributed by atoms with Gasteiger partial charge in [-0.05, 0) is 6.07 Å². The summed E-state index contributed by atoms with van der Waals surface area (Å²) in [4.78, 5) is 10.1. The molecule has 0 unspecified atom stereocenters. The Morgan fingerprint density at radius 3 is 2.62 bits per heavy atom. The van der Waals surface area contributed by atoms with Crippen LogP contribution >= 0.6 is 11.6 Å². The van der Waals surface area contributed by atoms with Crippen LogP contribution in [0.25, 0.3) is 0 Å². The second kappa shape index (κ2) is 5.01. The zero-order valence-corrected chi connectivity index (χ0v) is 10.9. The largest absolute Gasteiger partial charge is 0.398 e. The Labute approximate surface area is 100 Å². The van der Waals surface area contributed by atoms with Crippen molar-refractivity contribution in [3.8, 4) is 11.5 Å². The lowest BCUT2D eigenvalue weighted by molar-refractivity contribution is -0.384. The van der Waals surface area contributed by atoms with Gasteiger partial charge in [0.1, 0.15) is 13.8 Å². The highest BCUT2D eigenvalue weighted by molar-refractivity contribution is 6.64. The van der Waals surface area contributed by atoms with Crippen LogP contribution in [0.5, 0.6) is 0 Å². The molecule has 0 atom stereocenters. The molecule has 0 bridgehead atoms. The molecule has 1 aromatic rings. The lowest BCUT2D eigenvalue weighted by atomic mass is 10.1. The molecule has 0 fully saturated rings. The number of anilines is 1. The van der Waals surface area contributed by atoms with E-state index in [4.69, 9.17) is 17.3 Å². The molecule has 2 N–H and O–H groups in total. The molecule has 0 radical (unpaired) electrons. The van der Waals surface area contributed by atoms with Gasteiger partial charge in [0.15, 0.2) is 0 Å². The van der Waals surface area contributed by atoms with Crippen LogP contribution in [0.1, 0.15) is 5.56 Å². The third-order valence-electron chi connectivity index (χ3n) is 1.81. The maximum absolute atomic E-state index is 10.7. The predicted molar refractivity (Wildman–Crippen MR) is 68.3 cm³/mol. The molecular formula is C10H11ClN2O2Si. The highest BCUT2D eigenvalue weighted by Gasteiger charge is 2.14. The fourth-order valence-electron chi connectivity index (χ4n) is 1.05. The van der Waals surface area contributed by atoms with Gasteiger partial charge in [-0.15, -0.1) is 5.54 Å². The van der Waals surface area contributed by atoms with Gasteiger partial charge in [-0.1, -0.05) is 30.6 Å². The van der Waals surface area contributed by atoms with Crippen molar-refractivity contribution in [1.82, 2.24) is 0 Å². The first-order valence-electron chi connectivity index (χ1n) is 4.66. The SMILES string of the molecule is C[SiH](C)C#Cc1cc([N+](=O)[O-])c(Cl)cc1N. The Hall–Kier alpha value is -1.51. The number of nitro groups is 1. The van der Waals surface area contributed by atoms with Gasteiger partial charge in [0, 0.05) is 11.8 Å². The van der Waals surface area contributed by atoms with E-state index in [-0.39, 0.29) is 10.7 Å². The maximum atomic E-state index is 10.7. The summed E-state index contributed by atoms with van der Waals surface area (Å²) >= 11 is 5.70. The van der Waals surface area contributed by atoms with Crippen LogP contribution in [0, 0.1) is 21.6 Å². The van der Waals surface area contributed by atoms with Crippen LogP contribution in [0.2, 0.25) is 18.1 Å². The van der Waals surface area contributed by atoms with Gasteiger partial charge in [0.25, 0.3) is 5.69 Å². The summed E-state index contributed by atoms with van der Waals surface area (Å²) in [7, 11) is -1.03. The highest BCUT2D eigenvalue weighted by atomic mass is 35.5.